The summed E-state index contributed by atoms with van der Waals surface area (Å²) in [6.45, 7) is 1.18. The maximum absolute atomic E-state index is 13.4. The minimum Gasteiger partial charge on any atom is -0.463 e. The Morgan fingerprint density at radius 1 is 0.970 bits per heavy atom. The SMILES string of the molecule is O=C(NC[C@H]1CCCO1)c1ccccc1NC(=O)c1cc(-c2ccco2)nc2ccccc12. The summed E-state index contributed by atoms with van der Waals surface area (Å²) < 4.78 is 11.1. The van der Waals surface area contributed by atoms with Gasteiger partial charge in [0, 0.05) is 18.5 Å². The summed E-state index contributed by atoms with van der Waals surface area (Å²) in [6.07, 6.45) is 3.55. The number of ether oxygens (including phenoxy) is 1. The first kappa shape index (κ1) is 20.9. The predicted octanol–water partition coefficient (Wildman–Crippen LogP) is 4.66. The summed E-state index contributed by atoms with van der Waals surface area (Å²) in [5, 5.41) is 6.54. The quantitative estimate of drug-likeness (QED) is 0.454. The molecule has 2 amide bonds. The number of benzene rings is 2. The lowest BCUT2D eigenvalue weighted by Crippen LogP contribution is -2.32. The lowest BCUT2D eigenvalue weighted by molar-refractivity contribution is 0.0858. The number of carbonyl (C=O) groups is 2. The normalized spacial score (nSPS) is 15.5. The van der Waals surface area contributed by atoms with Gasteiger partial charge in [0.2, 0.25) is 0 Å². The van der Waals surface area contributed by atoms with E-state index in [-0.39, 0.29) is 17.9 Å². The molecule has 1 atom stereocenters. The van der Waals surface area contributed by atoms with Gasteiger partial charge in [-0.25, -0.2) is 4.98 Å². The Labute approximate surface area is 190 Å². The third kappa shape index (κ3) is 4.49. The molecule has 1 aliphatic heterocycles. The van der Waals surface area contributed by atoms with E-state index in [2.05, 4.69) is 15.6 Å². The van der Waals surface area contributed by atoms with Gasteiger partial charge in [-0.15, -0.1) is 0 Å². The zero-order chi connectivity index (χ0) is 22.6. The van der Waals surface area contributed by atoms with E-state index >= 15 is 0 Å². The van der Waals surface area contributed by atoms with Crippen LogP contribution in [0.5, 0.6) is 0 Å². The molecular weight excluding hydrogens is 418 g/mol. The van der Waals surface area contributed by atoms with Crippen LogP contribution in [0.2, 0.25) is 0 Å². The molecule has 0 spiro atoms. The van der Waals surface area contributed by atoms with Crippen molar-refractivity contribution >= 4 is 28.4 Å². The van der Waals surface area contributed by atoms with Crippen LogP contribution in [0.15, 0.2) is 77.4 Å². The topological polar surface area (TPSA) is 93.5 Å². The first-order chi connectivity index (χ1) is 16.2. The fraction of sp³-hybridized carbons (Fsp3) is 0.192. The maximum Gasteiger partial charge on any atom is 0.256 e. The molecule has 0 unspecified atom stereocenters. The number of nitrogens with zero attached hydrogens (tertiary/aromatic N) is 1. The van der Waals surface area contributed by atoms with Crippen LogP contribution < -0.4 is 10.6 Å². The highest BCUT2D eigenvalue weighted by Gasteiger charge is 2.20. The van der Waals surface area contributed by atoms with Gasteiger partial charge in [0.25, 0.3) is 11.8 Å². The fourth-order valence-electron chi connectivity index (χ4n) is 4.00. The fourth-order valence-corrected chi connectivity index (χ4v) is 4.00. The standard InChI is InChI=1S/C26H23N3O4/c30-25(27-16-17-7-5-13-32-17)19-9-2-4-11-22(19)29-26(31)20-15-23(24-12-6-14-33-24)28-21-10-3-1-8-18(20)21/h1-4,6,8-12,14-15,17H,5,7,13,16H2,(H,27,30)(H,29,31)/t17-/m1/s1. The molecule has 7 heteroatoms. The van der Waals surface area contributed by atoms with Crippen LogP contribution in [0.1, 0.15) is 33.6 Å². The number of fused-ring (bicyclic) bond motifs is 1. The lowest BCUT2D eigenvalue weighted by Gasteiger charge is -2.14. The smallest absolute Gasteiger partial charge is 0.256 e. The number of hydrogen-bond donors (Lipinski definition) is 2. The van der Waals surface area contributed by atoms with Crippen molar-refractivity contribution in [3.63, 3.8) is 0 Å². The second-order valence-corrected chi connectivity index (χ2v) is 7.89. The third-order valence-electron chi connectivity index (χ3n) is 5.67. The van der Waals surface area contributed by atoms with Gasteiger partial charge < -0.3 is 19.8 Å². The molecule has 5 rings (SSSR count). The van der Waals surface area contributed by atoms with Gasteiger partial charge in [-0.3, -0.25) is 9.59 Å². The number of para-hydroxylation sites is 2. The molecule has 166 valence electrons. The van der Waals surface area contributed by atoms with Crippen molar-refractivity contribution in [3.8, 4) is 11.5 Å². The highest BCUT2D eigenvalue weighted by molar-refractivity contribution is 6.15. The molecule has 0 bridgehead atoms. The Morgan fingerprint density at radius 3 is 2.64 bits per heavy atom. The van der Waals surface area contributed by atoms with Gasteiger partial charge in [-0.05, 0) is 49.2 Å². The molecule has 2 aromatic carbocycles. The van der Waals surface area contributed by atoms with E-state index in [0.29, 0.717) is 45.7 Å². The van der Waals surface area contributed by atoms with E-state index in [1.165, 1.54) is 0 Å². The second kappa shape index (κ2) is 9.26. The van der Waals surface area contributed by atoms with Crippen molar-refractivity contribution in [2.45, 2.75) is 18.9 Å². The van der Waals surface area contributed by atoms with E-state index in [9.17, 15) is 9.59 Å². The minimum atomic E-state index is -0.333. The number of pyridine rings is 1. The largest absolute Gasteiger partial charge is 0.463 e. The minimum absolute atomic E-state index is 0.0407. The van der Waals surface area contributed by atoms with Crippen LogP contribution in [0.3, 0.4) is 0 Å². The van der Waals surface area contributed by atoms with Gasteiger partial charge >= 0.3 is 0 Å². The lowest BCUT2D eigenvalue weighted by atomic mass is 10.1. The summed E-state index contributed by atoms with van der Waals surface area (Å²) in [5.74, 6) is -0.0123. The average Bonchev–Trinajstić information content (AvgIpc) is 3.57. The zero-order valence-corrected chi connectivity index (χ0v) is 17.9. The number of anilines is 1. The first-order valence-corrected chi connectivity index (χ1v) is 10.9. The van der Waals surface area contributed by atoms with Crippen molar-refractivity contribution in [1.29, 1.82) is 0 Å². The van der Waals surface area contributed by atoms with Gasteiger partial charge in [-0.1, -0.05) is 30.3 Å². The number of amides is 2. The molecule has 7 nitrogen and oxygen atoms in total. The Balaban J connectivity index is 1.43. The highest BCUT2D eigenvalue weighted by Crippen LogP contribution is 2.26. The molecule has 1 saturated heterocycles. The average molecular weight is 441 g/mol. The molecule has 0 radical (unpaired) electrons. The molecule has 2 aromatic heterocycles. The highest BCUT2D eigenvalue weighted by atomic mass is 16.5. The van der Waals surface area contributed by atoms with Crippen LogP contribution in [0.4, 0.5) is 5.69 Å². The van der Waals surface area contributed by atoms with Gasteiger partial charge in [0.15, 0.2) is 5.76 Å². The summed E-state index contributed by atoms with van der Waals surface area (Å²) in [7, 11) is 0. The Bertz CT molecular complexity index is 1290. The first-order valence-electron chi connectivity index (χ1n) is 10.9. The Morgan fingerprint density at radius 2 is 1.82 bits per heavy atom. The number of aromatic nitrogens is 1. The van der Waals surface area contributed by atoms with Crippen LogP contribution in [-0.2, 0) is 4.74 Å². The molecule has 3 heterocycles. The second-order valence-electron chi connectivity index (χ2n) is 7.89. The number of nitrogens with one attached hydrogen (secondary N) is 2. The number of hydrogen-bond acceptors (Lipinski definition) is 5. The maximum atomic E-state index is 13.4. The predicted molar refractivity (Wildman–Crippen MR) is 125 cm³/mol. The third-order valence-corrected chi connectivity index (χ3v) is 5.67. The molecule has 0 aliphatic carbocycles. The summed E-state index contributed by atoms with van der Waals surface area (Å²) in [5.41, 5.74) is 2.52. The molecule has 33 heavy (non-hydrogen) atoms. The van der Waals surface area contributed by atoms with Crippen molar-refractivity contribution in [2.24, 2.45) is 0 Å². The summed E-state index contributed by atoms with van der Waals surface area (Å²) in [4.78, 5) is 30.8. The van der Waals surface area contributed by atoms with E-state index in [0.717, 1.165) is 19.4 Å². The molecule has 1 aliphatic rings. The summed E-state index contributed by atoms with van der Waals surface area (Å²) >= 11 is 0. The Hall–Kier alpha value is -3.97. The summed E-state index contributed by atoms with van der Waals surface area (Å²) in [6, 6.07) is 19.7. The van der Waals surface area contributed by atoms with Crippen molar-refractivity contribution in [3.05, 3.63) is 84.1 Å². The monoisotopic (exact) mass is 441 g/mol. The number of carbonyl (C=O) groups excluding carboxylic acids is 2. The van der Waals surface area contributed by atoms with E-state index in [1.807, 2.05) is 24.3 Å². The zero-order valence-electron chi connectivity index (χ0n) is 17.9. The molecule has 0 saturated carbocycles. The van der Waals surface area contributed by atoms with Gasteiger partial charge in [0.05, 0.1) is 34.7 Å². The molecule has 4 aromatic rings. The van der Waals surface area contributed by atoms with Crippen molar-refractivity contribution in [2.75, 3.05) is 18.5 Å². The van der Waals surface area contributed by atoms with Crippen molar-refractivity contribution in [1.82, 2.24) is 10.3 Å². The molecule has 1 fully saturated rings. The Kier molecular flexibility index (Phi) is 5.87. The van der Waals surface area contributed by atoms with E-state index in [4.69, 9.17) is 9.15 Å². The molecular formula is C26H23N3O4. The number of rotatable bonds is 6. The van der Waals surface area contributed by atoms with Crippen LogP contribution in [0.25, 0.3) is 22.4 Å². The number of furan rings is 1. The van der Waals surface area contributed by atoms with E-state index < -0.39 is 0 Å². The molecule has 2 N–H and O–H groups in total. The van der Waals surface area contributed by atoms with Gasteiger partial charge in [0.1, 0.15) is 5.69 Å². The van der Waals surface area contributed by atoms with Crippen LogP contribution in [-0.4, -0.2) is 36.1 Å². The van der Waals surface area contributed by atoms with Crippen LogP contribution >= 0.6 is 0 Å². The van der Waals surface area contributed by atoms with Gasteiger partial charge in [-0.2, -0.15) is 0 Å². The van der Waals surface area contributed by atoms with Crippen molar-refractivity contribution < 1.29 is 18.7 Å². The van der Waals surface area contributed by atoms with E-state index in [1.54, 1.807) is 48.7 Å². The van der Waals surface area contributed by atoms with Crippen LogP contribution in [0, 0.1) is 0 Å².